The maximum absolute atomic E-state index is 13.7. The lowest BCUT2D eigenvalue weighted by Gasteiger charge is -2.28. The molecule has 1 atom stereocenters. The van der Waals surface area contributed by atoms with Crippen molar-refractivity contribution in [2.45, 2.75) is 13.0 Å². The Morgan fingerprint density at radius 2 is 1.91 bits per heavy atom. The number of hydrogen-bond acceptors (Lipinski definition) is 7. The van der Waals surface area contributed by atoms with Crippen LogP contribution in [0.15, 0.2) is 58.2 Å². The van der Waals surface area contributed by atoms with Crippen molar-refractivity contribution in [1.29, 1.82) is 0 Å². The van der Waals surface area contributed by atoms with Crippen molar-refractivity contribution in [2.24, 2.45) is 0 Å². The number of halogens is 1. The Labute approximate surface area is 208 Å². The number of Topliss-reactive ketones (excluding diaryl/α,β-unsaturated/α-hetero) is 1. The molecule has 0 aliphatic carbocycles. The Bertz CT molecular complexity index is 1300. The van der Waals surface area contributed by atoms with Gasteiger partial charge in [-0.05, 0) is 50.8 Å². The SMILES string of the molecule is CCOc1ccc(C2C(C(=O)c3cc4cc(Cl)cc(OC)c4o3)=C(O)C(=O)N2CCN(C)C)cc1. The van der Waals surface area contributed by atoms with Gasteiger partial charge in [0.15, 0.2) is 22.9 Å². The lowest BCUT2D eigenvalue weighted by Crippen LogP contribution is -2.36. The van der Waals surface area contributed by atoms with Gasteiger partial charge in [-0.2, -0.15) is 0 Å². The number of hydrogen-bond donors (Lipinski definition) is 1. The molecule has 1 aliphatic rings. The van der Waals surface area contributed by atoms with Crippen molar-refractivity contribution >= 4 is 34.3 Å². The van der Waals surface area contributed by atoms with Gasteiger partial charge < -0.3 is 28.8 Å². The number of rotatable bonds is 9. The molecule has 1 N–H and O–H groups in total. The van der Waals surface area contributed by atoms with Gasteiger partial charge in [0, 0.05) is 29.6 Å². The van der Waals surface area contributed by atoms with Crippen LogP contribution in [0.3, 0.4) is 0 Å². The summed E-state index contributed by atoms with van der Waals surface area (Å²) >= 11 is 6.16. The van der Waals surface area contributed by atoms with Crippen LogP contribution in [0.5, 0.6) is 11.5 Å². The molecule has 0 saturated carbocycles. The molecule has 1 unspecified atom stereocenters. The molecule has 0 bridgehead atoms. The van der Waals surface area contributed by atoms with Crippen molar-refractivity contribution in [2.75, 3.05) is 40.9 Å². The molecular weight excluding hydrogens is 472 g/mol. The van der Waals surface area contributed by atoms with E-state index in [1.54, 1.807) is 36.4 Å². The number of furan rings is 1. The highest BCUT2D eigenvalue weighted by Crippen LogP contribution is 2.41. The molecule has 0 fully saturated rings. The third kappa shape index (κ3) is 4.72. The number of fused-ring (bicyclic) bond motifs is 1. The molecule has 35 heavy (non-hydrogen) atoms. The van der Waals surface area contributed by atoms with Crippen molar-refractivity contribution in [3.8, 4) is 11.5 Å². The van der Waals surface area contributed by atoms with Gasteiger partial charge in [0.2, 0.25) is 5.78 Å². The first kappa shape index (κ1) is 24.6. The zero-order valence-corrected chi connectivity index (χ0v) is 20.8. The molecule has 0 spiro atoms. The van der Waals surface area contributed by atoms with Crippen LogP contribution >= 0.6 is 11.6 Å². The quantitative estimate of drug-likeness (QED) is 0.430. The predicted molar refractivity (Wildman–Crippen MR) is 132 cm³/mol. The summed E-state index contributed by atoms with van der Waals surface area (Å²) in [5.74, 6) is -0.758. The summed E-state index contributed by atoms with van der Waals surface area (Å²) in [6.45, 7) is 3.27. The van der Waals surface area contributed by atoms with E-state index in [0.29, 0.717) is 52.8 Å². The van der Waals surface area contributed by atoms with Crippen molar-refractivity contribution in [3.05, 3.63) is 70.1 Å². The molecule has 9 heteroatoms. The number of ether oxygens (including phenoxy) is 2. The number of carbonyl (C=O) groups is 2. The maximum Gasteiger partial charge on any atom is 0.290 e. The molecule has 1 aromatic heterocycles. The third-order valence-corrected chi connectivity index (χ3v) is 6.05. The molecular formula is C26H27ClN2O6. The molecule has 1 amide bonds. The number of nitrogens with zero attached hydrogens (tertiary/aromatic N) is 2. The first-order valence-corrected chi connectivity index (χ1v) is 11.6. The maximum atomic E-state index is 13.7. The van der Waals surface area contributed by atoms with Crippen molar-refractivity contribution in [3.63, 3.8) is 0 Å². The second-order valence-electron chi connectivity index (χ2n) is 8.43. The molecule has 0 radical (unpaired) electrons. The van der Waals surface area contributed by atoms with Crippen LogP contribution in [-0.2, 0) is 4.79 Å². The lowest BCUT2D eigenvalue weighted by atomic mass is 9.95. The van der Waals surface area contributed by atoms with Gasteiger partial charge in [0.1, 0.15) is 5.75 Å². The highest BCUT2D eigenvalue weighted by atomic mass is 35.5. The molecule has 2 heterocycles. The van der Waals surface area contributed by atoms with Gasteiger partial charge in [0.25, 0.3) is 5.91 Å². The van der Waals surface area contributed by atoms with Crippen LogP contribution in [0.2, 0.25) is 5.02 Å². The standard InChI is InChI=1S/C26H27ClN2O6/c1-5-34-18-8-6-15(7-9-18)22-21(24(31)26(32)29(22)11-10-28(2)3)23(30)19-13-16-12-17(27)14-20(33-4)25(16)35-19/h6-9,12-14,22,31H,5,10-11H2,1-4H3. The Balaban J connectivity index is 1.78. The van der Waals surface area contributed by atoms with E-state index in [9.17, 15) is 14.7 Å². The first-order chi connectivity index (χ1) is 16.7. The second-order valence-corrected chi connectivity index (χ2v) is 8.87. The lowest BCUT2D eigenvalue weighted by molar-refractivity contribution is -0.129. The molecule has 1 aliphatic heterocycles. The number of aliphatic hydroxyl groups is 1. The van der Waals surface area contributed by atoms with Crippen LogP contribution in [0, 0.1) is 0 Å². The van der Waals surface area contributed by atoms with Crippen LogP contribution in [0.25, 0.3) is 11.0 Å². The van der Waals surface area contributed by atoms with Crippen LogP contribution < -0.4 is 9.47 Å². The summed E-state index contributed by atoms with van der Waals surface area (Å²) in [5, 5.41) is 11.9. The summed E-state index contributed by atoms with van der Waals surface area (Å²) in [6, 6.07) is 11.1. The summed E-state index contributed by atoms with van der Waals surface area (Å²) < 4.78 is 16.7. The summed E-state index contributed by atoms with van der Waals surface area (Å²) in [6.07, 6.45) is 0. The minimum atomic E-state index is -0.788. The van der Waals surface area contributed by atoms with E-state index in [4.69, 9.17) is 25.5 Å². The zero-order chi connectivity index (χ0) is 25.3. The number of aliphatic hydroxyl groups excluding tert-OH is 1. The van der Waals surface area contributed by atoms with E-state index in [2.05, 4.69) is 0 Å². The van der Waals surface area contributed by atoms with Gasteiger partial charge >= 0.3 is 0 Å². The van der Waals surface area contributed by atoms with E-state index in [0.717, 1.165) is 0 Å². The highest BCUT2D eigenvalue weighted by molar-refractivity contribution is 6.31. The summed E-state index contributed by atoms with van der Waals surface area (Å²) in [5.41, 5.74) is 0.985. The predicted octanol–water partition coefficient (Wildman–Crippen LogP) is 4.63. The van der Waals surface area contributed by atoms with E-state index >= 15 is 0 Å². The average molecular weight is 499 g/mol. The summed E-state index contributed by atoms with van der Waals surface area (Å²) in [4.78, 5) is 30.2. The first-order valence-electron chi connectivity index (χ1n) is 11.2. The average Bonchev–Trinajstić information content (AvgIpc) is 3.36. The van der Waals surface area contributed by atoms with Gasteiger partial charge in [-0.3, -0.25) is 9.59 Å². The van der Waals surface area contributed by atoms with Gasteiger partial charge in [-0.25, -0.2) is 0 Å². The minimum absolute atomic E-state index is 0.0275. The normalized spacial score (nSPS) is 16.0. The van der Waals surface area contributed by atoms with Crippen molar-refractivity contribution < 1.29 is 28.6 Å². The smallest absolute Gasteiger partial charge is 0.290 e. The topological polar surface area (TPSA) is 92.4 Å². The van der Waals surface area contributed by atoms with Crippen LogP contribution in [0.4, 0.5) is 0 Å². The molecule has 2 aromatic carbocycles. The molecule has 0 saturated heterocycles. The number of carbonyl (C=O) groups excluding carboxylic acids is 2. The van der Waals surface area contributed by atoms with E-state index in [1.807, 2.05) is 25.9 Å². The van der Waals surface area contributed by atoms with Crippen LogP contribution in [-0.4, -0.2) is 67.5 Å². The minimum Gasteiger partial charge on any atom is -0.503 e. The van der Waals surface area contributed by atoms with E-state index in [-0.39, 0.29) is 11.3 Å². The monoisotopic (exact) mass is 498 g/mol. The van der Waals surface area contributed by atoms with E-state index < -0.39 is 23.5 Å². The Hall–Kier alpha value is -3.49. The van der Waals surface area contributed by atoms with Gasteiger partial charge in [0.05, 0.1) is 25.3 Å². The Morgan fingerprint density at radius 3 is 2.54 bits per heavy atom. The number of likely N-dealkylation sites (N-methyl/N-ethyl adjacent to an activating group) is 1. The van der Waals surface area contributed by atoms with Gasteiger partial charge in [-0.1, -0.05) is 23.7 Å². The number of amides is 1. The fourth-order valence-electron chi connectivity index (χ4n) is 4.17. The number of benzene rings is 2. The number of ketones is 1. The van der Waals surface area contributed by atoms with Gasteiger partial charge in [-0.15, -0.1) is 0 Å². The Kier molecular flexibility index (Phi) is 7.05. The molecule has 8 nitrogen and oxygen atoms in total. The molecule has 3 aromatic rings. The van der Waals surface area contributed by atoms with Crippen LogP contribution in [0.1, 0.15) is 29.1 Å². The van der Waals surface area contributed by atoms with Crippen molar-refractivity contribution in [1.82, 2.24) is 9.80 Å². The Morgan fingerprint density at radius 1 is 1.20 bits per heavy atom. The largest absolute Gasteiger partial charge is 0.503 e. The highest BCUT2D eigenvalue weighted by Gasteiger charge is 2.44. The molecule has 184 valence electrons. The third-order valence-electron chi connectivity index (χ3n) is 5.83. The second kappa shape index (κ2) is 10.0. The summed E-state index contributed by atoms with van der Waals surface area (Å²) in [7, 11) is 5.25. The molecule has 4 rings (SSSR count). The zero-order valence-electron chi connectivity index (χ0n) is 20.0. The number of methoxy groups -OCH3 is 1. The fraction of sp³-hybridized carbons (Fsp3) is 0.308. The van der Waals surface area contributed by atoms with E-state index in [1.165, 1.54) is 18.1 Å². The fourth-order valence-corrected chi connectivity index (χ4v) is 4.38.